The second-order valence-corrected chi connectivity index (χ2v) is 2.69. The van der Waals surface area contributed by atoms with Gasteiger partial charge in [-0.15, -0.1) is 0 Å². The molecule has 0 spiro atoms. The van der Waals surface area contributed by atoms with Crippen LogP contribution in [0.15, 0.2) is 0 Å². The first kappa shape index (κ1) is 10.9. The summed E-state index contributed by atoms with van der Waals surface area (Å²) in [5.74, 6) is -1.23. The third kappa shape index (κ3) is 3.34. The second kappa shape index (κ2) is 4.71. The van der Waals surface area contributed by atoms with E-state index in [2.05, 4.69) is 10.6 Å². The number of hydrogen-bond donors (Lipinski definition) is 2. The summed E-state index contributed by atoms with van der Waals surface area (Å²) in [6, 6.07) is 0. The third-order valence-corrected chi connectivity index (χ3v) is 1.55. The van der Waals surface area contributed by atoms with E-state index in [0.29, 0.717) is 0 Å². The monoisotopic (exact) mass is 173 g/mol. The summed E-state index contributed by atoms with van der Waals surface area (Å²) < 4.78 is 0. The first-order valence-corrected chi connectivity index (χ1v) is 3.68. The highest BCUT2D eigenvalue weighted by Crippen LogP contribution is 1.84. The van der Waals surface area contributed by atoms with Crippen LogP contribution in [-0.2, 0) is 9.59 Å². The molecule has 0 bridgehead atoms. The molecule has 2 amide bonds. The number of carbonyl (C=O) groups excluding carboxylic acids is 2. The summed E-state index contributed by atoms with van der Waals surface area (Å²) in [7, 11) is 5.05. The average Bonchev–Trinajstić information content (AvgIpc) is 2.02. The topological polar surface area (TPSA) is 61.4 Å². The Kier molecular flexibility index (Phi) is 4.28. The molecule has 0 aromatic rings. The van der Waals surface area contributed by atoms with E-state index >= 15 is 0 Å². The van der Waals surface area contributed by atoms with Gasteiger partial charge in [-0.2, -0.15) is 0 Å². The Balaban J connectivity index is 3.92. The highest BCUT2D eigenvalue weighted by Gasteiger charge is 2.14. The van der Waals surface area contributed by atoms with Gasteiger partial charge >= 0.3 is 11.8 Å². The Morgan fingerprint density at radius 2 is 1.75 bits per heavy atom. The van der Waals surface area contributed by atoms with Gasteiger partial charge in [0.25, 0.3) is 0 Å². The molecule has 5 heteroatoms. The van der Waals surface area contributed by atoms with Crippen molar-refractivity contribution < 1.29 is 9.59 Å². The van der Waals surface area contributed by atoms with Crippen LogP contribution in [0.3, 0.4) is 0 Å². The molecule has 2 N–H and O–H groups in total. The van der Waals surface area contributed by atoms with Gasteiger partial charge in [-0.3, -0.25) is 14.5 Å². The normalized spacial score (nSPS) is 12.4. The van der Waals surface area contributed by atoms with Crippen LogP contribution in [0.4, 0.5) is 0 Å². The SMILES string of the molecule is CNC(=O)C(=O)NC(C)N(C)C. The van der Waals surface area contributed by atoms with Crippen molar-refractivity contribution in [3.63, 3.8) is 0 Å². The minimum absolute atomic E-state index is 0.144. The second-order valence-electron chi connectivity index (χ2n) is 2.69. The molecule has 0 aliphatic carbocycles. The third-order valence-electron chi connectivity index (χ3n) is 1.55. The Bertz CT molecular complexity index is 179. The maximum Gasteiger partial charge on any atom is 0.310 e. The highest BCUT2D eigenvalue weighted by atomic mass is 16.2. The van der Waals surface area contributed by atoms with E-state index in [1.54, 1.807) is 11.8 Å². The Morgan fingerprint density at radius 1 is 1.25 bits per heavy atom. The van der Waals surface area contributed by atoms with Crippen LogP contribution in [0.5, 0.6) is 0 Å². The molecule has 1 atom stereocenters. The summed E-state index contributed by atoms with van der Waals surface area (Å²) in [5, 5.41) is 4.74. The number of amides is 2. The summed E-state index contributed by atoms with van der Waals surface area (Å²) in [6.45, 7) is 1.79. The van der Waals surface area contributed by atoms with E-state index in [4.69, 9.17) is 0 Å². The molecule has 12 heavy (non-hydrogen) atoms. The van der Waals surface area contributed by atoms with Crippen molar-refractivity contribution in [2.45, 2.75) is 13.1 Å². The Labute approximate surface area is 72.1 Å². The van der Waals surface area contributed by atoms with E-state index in [9.17, 15) is 9.59 Å². The van der Waals surface area contributed by atoms with Crippen molar-refractivity contribution in [1.82, 2.24) is 15.5 Å². The van der Waals surface area contributed by atoms with Crippen LogP contribution < -0.4 is 10.6 Å². The van der Waals surface area contributed by atoms with Gasteiger partial charge in [0.15, 0.2) is 0 Å². The molecule has 70 valence electrons. The highest BCUT2D eigenvalue weighted by molar-refractivity contribution is 6.35. The molecule has 0 heterocycles. The lowest BCUT2D eigenvalue weighted by Crippen LogP contribution is -2.47. The number of nitrogens with one attached hydrogen (secondary N) is 2. The summed E-state index contributed by atoms with van der Waals surface area (Å²) in [6.07, 6.45) is -0.144. The Morgan fingerprint density at radius 3 is 2.08 bits per heavy atom. The van der Waals surface area contributed by atoms with E-state index in [0.717, 1.165) is 0 Å². The number of carbonyl (C=O) groups is 2. The van der Waals surface area contributed by atoms with Crippen molar-refractivity contribution in [3.8, 4) is 0 Å². The van der Waals surface area contributed by atoms with Crippen molar-refractivity contribution in [1.29, 1.82) is 0 Å². The molecular formula is C7H15N3O2. The van der Waals surface area contributed by atoms with Gasteiger partial charge in [0.2, 0.25) is 0 Å². The molecule has 0 aromatic carbocycles. The van der Waals surface area contributed by atoms with Crippen molar-refractivity contribution >= 4 is 11.8 Å². The van der Waals surface area contributed by atoms with E-state index < -0.39 is 11.8 Å². The first-order valence-electron chi connectivity index (χ1n) is 3.68. The van der Waals surface area contributed by atoms with Gasteiger partial charge in [-0.05, 0) is 21.0 Å². The molecule has 0 aromatic heterocycles. The smallest absolute Gasteiger partial charge is 0.310 e. The van der Waals surface area contributed by atoms with E-state index in [1.165, 1.54) is 7.05 Å². The van der Waals surface area contributed by atoms with Crippen LogP contribution in [-0.4, -0.2) is 44.0 Å². The fourth-order valence-electron chi connectivity index (χ4n) is 0.498. The maximum absolute atomic E-state index is 10.9. The number of hydrogen-bond acceptors (Lipinski definition) is 3. The molecule has 0 rings (SSSR count). The van der Waals surface area contributed by atoms with E-state index in [1.807, 2.05) is 14.1 Å². The van der Waals surface area contributed by atoms with Crippen LogP contribution in [0.25, 0.3) is 0 Å². The zero-order valence-corrected chi connectivity index (χ0v) is 7.84. The maximum atomic E-state index is 10.9. The lowest BCUT2D eigenvalue weighted by Gasteiger charge is -2.20. The lowest BCUT2D eigenvalue weighted by atomic mass is 10.4. The number of rotatable bonds is 2. The van der Waals surface area contributed by atoms with Crippen LogP contribution in [0.2, 0.25) is 0 Å². The average molecular weight is 173 g/mol. The zero-order chi connectivity index (χ0) is 9.72. The minimum Gasteiger partial charge on any atom is -0.351 e. The fourth-order valence-corrected chi connectivity index (χ4v) is 0.498. The molecule has 5 nitrogen and oxygen atoms in total. The van der Waals surface area contributed by atoms with Crippen LogP contribution >= 0.6 is 0 Å². The summed E-state index contributed by atoms with van der Waals surface area (Å²) in [4.78, 5) is 23.5. The number of likely N-dealkylation sites (N-methyl/N-ethyl adjacent to an activating group) is 1. The Hall–Kier alpha value is -1.10. The molecule has 0 aliphatic heterocycles. The van der Waals surface area contributed by atoms with Crippen molar-refractivity contribution in [2.24, 2.45) is 0 Å². The van der Waals surface area contributed by atoms with Gasteiger partial charge in [-0.25, -0.2) is 0 Å². The summed E-state index contributed by atoms with van der Waals surface area (Å²) >= 11 is 0. The molecule has 0 saturated heterocycles. The molecule has 0 saturated carbocycles. The standard InChI is InChI=1S/C7H15N3O2/c1-5(10(3)4)9-7(12)6(11)8-2/h5H,1-4H3,(H,8,11)(H,9,12). The molecule has 0 aliphatic rings. The van der Waals surface area contributed by atoms with Crippen LogP contribution in [0.1, 0.15) is 6.92 Å². The minimum atomic E-state index is -0.622. The fraction of sp³-hybridized carbons (Fsp3) is 0.714. The van der Waals surface area contributed by atoms with Crippen molar-refractivity contribution in [2.75, 3.05) is 21.1 Å². The molecule has 0 fully saturated rings. The lowest BCUT2D eigenvalue weighted by molar-refractivity contribution is -0.139. The predicted octanol–water partition coefficient (Wildman–Crippen LogP) is -1.24. The predicted molar refractivity (Wildman–Crippen MR) is 45.4 cm³/mol. The van der Waals surface area contributed by atoms with Gasteiger partial charge < -0.3 is 10.6 Å². The van der Waals surface area contributed by atoms with Gasteiger partial charge in [-0.1, -0.05) is 0 Å². The number of nitrogens with zero attached hydrogens (tertiary/aromatic N) is 1. The molecular weight excluding hydrogens is 158 g/mol. The van der Waals surface area contributed by atoms with Gasteiger partial charge in [0, 0.05) is 7.05 Å². The molecule has 0 radical (unpaired) electrons. The largest absolute Gasteiger partial charge is 0.351 e. The quantitative estimate of drug-likeness (QED) is 0.405. The van der Waals surface area contributed by atoms with Crippen LogP contribution in [0, 0.1) is 0 Å². The first-order chi connectivity index (χ1) is 5.49. The van der Waals surface area contributed by atoms with Gasteiger partial charge in [0.1, 0.15) is 0 Å². The molecule has 1 unspecified atom stereocenters. The summed E-state index contributed by atoms with van der Waals surface area (Å²) in [5.41, 5.74) is 0. The van der Waals surface area contributed by atoms with Crippen molar-refractivity contribution in [3.05, 3.63) is 0 Å². The zero-order valence-electron chi connectivity index (χ0n) is 7.84. The van der Waals surface area contributed by atoms with E-state index in [-0.39, 0.29) is 6.17 Å². The van der Waals surface area contributed by atoms with Gasteiger partial charge in [0.05, 0.1) is 6.17 Å².